The van der Waals surface area contributed by atoms with E-state index in [1.54, 1.807) is 0 Å². The number of fused-ring (bicyclic) bond motifs is 1. The molecule has 8 heteroatoms. The number of unbranched alkanes of at least 4 members (excludes halogenated alkanes) is 4. The van der Waals surface area contributed by atoms with Crippen LogP contribution in [0.3, 0.4) is 0 Å². The van der Waals surface area contributed by atoms with Crippen LogP contribution in [-0.2, 0) is 4.79 Å². The van der Waals surface area contributed by atoms with Crippen LogP contribution < -0.4 is 14.8 Å². The Bertz CT molecular complexity index is 710. The summed E-state index contributed by atoms with van der Waals surface area (Å²) in [6, 6.07) is 3.71. The van der Waals surface area contributed by atoms with Crippen molar-refractivity contribution in [3.8, 4) is 11.5 Å². The number of amides is 1. The lowest BCUT2D eigenvalue weighted by molar-refractivity contribution is -0.286. The number of benzene rings is 1. The first-order chi connectivity index (χ1) is 14.4. The average molecular weight is 427 g/mol. The van der Waals surface area contributed by atoms with Gasteiger partial charge in [-0.1, -0.05) is 38.7 Å². The summed E-state index contributed by atoms with van der Waals surface area (Å²) in [5, 5.41) is 13.9. The molecule has 0 spiro atoms. The van der Waals surface area contributed by atoms with Gasteiger partial charge in [0.2, 0.25) is 5.91 Å². The van der Waals surface area contributed by atoms with Gasteiger partial charge in [0.1, 0.15) is 6.10 Å². The van der Waals surface area contributed by atoms with Gasteiger partial charge in [0.25, 0.3) is 0 Å². The average Bonchev–Trinajstić information content (AvgIpc) is 3.31. The number of hydrogen-bond acceptors (Lipinski definition) is 5. The standard InChI is InChI=1S/C22H32F2N2O4/c1-2-3-4-5-6-9-20(27)25-17(15-26-12-7-8-13-26)21(28)16-10-11-18-19(14-16)30-22(23,24)29-18/h10-11,14,17,21,28H,2-9,12-13,15H2,1H3,(H,25,27)/t17-,21-/m1/s1. The lowest BCUT2D eigenvalue weighted by Gasteiger charge is -2.29. The summed E-state index contributed by atoms with van der Waals surface area (Å²) in [4.78, 5) is 14.7. The number of carbonyl (C=O) groups excluding carboxylic acids is 1. The topological polar surface area (TPSA) is 71.0 Å². The quantitative estimate of drug-likeness (QED) is 0.524. The second-order valence-corrected chi connectivity index (χ2v) is 8.16. The van der Waals surface area contributed by atoms with E-state index in [9.17, 15) is 18.7 Å². The number of likely N-dealkylation sites (tertiary alicyclic amines) is 1. The van der Waals surface area contributed by atoms with Gasteiger partial charge in [-0.05, 0) is 50.0 Å². The second-order valence-electron chi connectivity index (χ2n) is 8.16. The first kappa shape index (κ1) is 22.7. The van der Waals surface area contributed by atoms with Crippen LogP contribution in [-0.4, -0.2) is 47.9 Å². The summed E-state index contributed by atoms with van der Waals surface area (Å²) in [5.41, 5.74) is 0.405. The molecule has 0 aromatic heterocycles. The Hall–Kier alpha value is -1.93. The number of aliphatic hydroxyl groups is 1. The van der Waals surface area contributed by atoms with Crippen LogP contribution in [0, 0.1) is 0 Å². The fraction of sp³-hybridized carbons (Fsp3) is 0.682. The lowest BCUT2D eigenvalue weighted by Crippen LogP contribution is -2.46. The van der Waals surface area contributed by atoms with Crippen molar-refractivity contribution in [3.05, 3.63) is 23.8 Å². The van der Waals surface area contributed by atoms with Crippen LogP contribution >= 0.6 is 0 Å². The van der Waals surface area contributed by atoms with E-state index in [0.29, 0.717) is 18.5 Å². The zero-order chi connectivity index (χ0) is 21.6. The zero-order valence-corrected chi connectivity index (χ0v) is 17.5. The van der Waals surface area contributed by atoms with E-state index in [1.165, 1.54) is 24.6 Å². The van der Waals surface area contributed by atoms with Crippen LogP contribution in [0.15, 0.2) is 18.2 Å². The molecular weight excluding hydrogens is 394 g/mol. The number of nitrogens with one attached hydrogen (secondary N) is 1. The normalized spacial score (nSPS) is 19.6. The predicted octanol–water partition coefficient (Wildman–Crippen LogP) is 3.98. The minimum absolute atomic E-state index is 0.0665. The Morgan fingerprint density at radius 1 is 1.17 bits per heavy atom. The van der Waals surface area contributed by atoms with Crippen LogP contribution in [0.2, 0.25) is 0 Å². The predicted molar refractivity (Wildman–Crippen MR) is 109 cm³/mol. The van der Waals surface area contributed by atoms with E-state index in [0.717, 1.165) is 51.6 Å². The Kier molecular flexibility index (Phi) is 7.88. The van der Waals surface area contributed by atoms with Gasteiger partial charge in [-0.3, -0.25) is 4.79 Å². The third-order valence-corrected chi connectivity index (χ3v) is 5.66. The first-order valence-corrected chi connectivity index (χ1v) is 11.0. The highest BCUT2D eigenvalue weighted by atomic mass is 19.3. The molecule has 1 saturated heterocycles. The van der Waals surface area contributed by atoms with Crippen LogP contribution in [0.1, 0.15) is 70.0 Å². The van der Waals surface area contributed by atoms with Crippen molar-refractivity contribution in [2.24, 2.45) is 0 Å². The summed E-state index contributed by atoms with van der Waals surface area (Å²) in [6.45, 7) is 4.49. The fourth-order valence-electron chi connectivity index (χ4n) is 4.02. The smallest absolute Gasteiger partial charge is 0.395 e. The molecule has 1 aromatic carbocycles. The molecule has 168 valence electrons. The Morgan fingerprint density at radius 2 is 1.87 bits per heavy atom. The molecule has 30 heavy (non-hydrogen) atoms. The molecule has 6 nitrogen and oxygen atoms in total. The van der Waals surface area contributed by atoms with E-state index in [4.69, 9.17) is 0 Å². The van der Waals surface area contributed by atoms with Crippen molar-refractivity contribution in [1.82, 2.24) is 10.2 Å². The molecule has 2 aliphatic heterocycles. The van der Waals surface area contributed by atoms with Gasteiger partial charge in [0.05, 0.1) is 6.04 Å². The summed E-state index contributed by atoms with van der Waals surface area (Å²) < 4.78 is 35.5. The molecule has 0 aliphatic carbocycles. The molecule has 2 N–H and O–H groups in total. The molecule has 0 unspecified atom stereocenters. The van der Waals surface area contributed by atoms with Gasteiger partial charge < -0.3 is 24.8 Å². The van der Waals surface area contributed by atoms with Crippen LogP contribution in [0.4, 0.5) is 8.78 Å². The molecular formula is C22H32F2N2O4. The number of aliphatic hydroxyl groups excluding tert-OH is 1. The Labute approximate surface area is 176 Å². The molecule has 3 rings (SSSR count). The van der Waals surface area contributed by atoms with Gasteiger partial charge in [-0.15, -0.1) is 8.78 Å². The molecule has 0 bridgehead atoms. The summed E-state index contributed by atoms with van der Waals surface area (Å²) in [6.07, 6.45) is 3.12. The monoisotopic (exact) mass is 426 g/mol. The Morgan fingerprint density at radius 3 is 2.60 bits per heavy atom. The first-order valence-electron chi connectivity index (χ1n) is 11.0. The zero-order valence-electron chi connectivity index (χ0n) is 17.5. The lowest BCUT2D eigenvalue weighted by atomic mass is 10.0. The maximum atomic E-state index is 13.3. The fourth-order valence-corrected chi connectivity index (χ4v) is 4.02. The maximum absolute atomic E-state index is 13.3. The maximum Gasteiger partial charge on any atom is 0.586 e. The molecule has 2 aliphatic rings. The SMILES string of the molecule is CCCCCCCC(=O)N[C@H](CN1CCCC1)[C@H](O)c1ccc2c(c1)OC(F)(F)O2. The van der Waals surface area contributed by atoms with Crippen molar-refractivity contribution in [2.75, 3.05) is 19.6 Å². The van der Waals surface area contributed by atoms with Gasteiger partial charge in [0, 0.05) is 13.0 Å². The van der Waals surface area contributed by atoms with Crippen molar-refractivity contribution in [3.63, 3.8) is 0 Å². The number of halogens is 2. The van der Waals surface area contributed by atoms with Crippen molar-refractivity contribution < 1.29 is 28.2 Å². The number of ether oxygens (including phenoxy) is 2. The number of rotatable bonds is 11. The highest BCUT2D eigenvalue weighted by Gasteiger charge is 2.43. The molecule has 0 saturated carbocycles. The summed E-state index contributed by atoms with van der Waals surface area (Å²) in [7, 11) is 0. The third kappa shape index (κ3) is 6.28. The van der Waals surface area contributed by atoms with Gasteiger partial charge in [-0.25, -0.2) is 0 Å². The molecule has 1 fully saturated rings. The van der Waals surface area contributed by atoms with E-state index in [2.05, 4.69) is 26.6 Å². The Balaban J connectivity index is 1.63. The van der Waals surface area contributed by atoms with E-state index >= 15 is 0 Å². The summed E-state index contributed by atoms with van der Waals surface area (Å²) in [5.74, 6) is -0.274. The summed E-state index contributed by atoms with van der Waals surface area (Å²) >= 11 is 0. The third-order valence-electron chi connectivity index (χ3n) is 5.66. The number of nitrogens with zero attached hydrogens (tertiary/aromatic N) is 1. The minimum Gasteiger partial charge on any atom is -0.395 e. The highest BCUT2D eigenvalue weighted by Crippen LogP contribution is 2.42. The molecule has 1 amide bonds. The largest absolute Gasteiger partial charge is 0.586 e. The van der Waals surface area contributed by atoms with E-state index < -0.39 is 18.4 Å². The number of hydrogen-bond donors (Lipinski definition) is 2. The number of alkyl halides is 2. The van der Waals surface area contributed by atoms with Gasteiger partial charge in [0.15, 0.2) is 11.5 Å². The molecule has 0 radical (unpaired) electrons. The molecule has 2 atom stereocenters. The van der Waals surface area contributed by atoms with E-state index in [1.807, 2.05) is 0 Å². The highest BCUT2D eigenvalue weighted by molar-refractivity contribution is 5.76. The van der Waals surface area contributed by atoms with Crippen molar-refractivity contribution in [2.45, 2.75) is 76.7 Å². The van der Waals surface area contributed by atoms with Gasteiger partial charge in [-0.2, -0.15) is 0 Å². The van der Waals surface area contributed by atoms with Gasteiger partial charge >= 0.3 is 6.29 Å². The van der Waals surface area contributed by atoms with Crippen molar-refractivity contribution >= 4 is 5.91 Å². The number of carbonyl (C=O) groups is 1. The van der Waals surface area contributed by atoms with Crippen LogP contribution in [0.25, 0.3) is 0 Å². The van der Waals surface area contributed by atoms with Crippen LogP contribution in [0.5, 0.6) is 11.5 Å². The second kappa shape index (κ2) is 10.4. The minimum atomic E-state index is -3.70. The van der Waals surface area contributed by atoms with Crippen molar-refractivity contribution in [1.29, 1.82) is 0 Å². The van der Waals surface area contributed by atoms with E-state index in [-0.39, 0.29) is 17.4 Å². The molecule has 1 aromatic rings. The molecule has 2 heterocycles.